The molecular formula is C22H31N3O4. The van der Waals surface area contributed by atoms with Gasteiger partial charge in [-0.1, -0.05) is 30.3 Å². The number of benzene rings is 1. The molecule has 0 unspecified atom stereocenters. The van der Waals surface area contributed by atoms with Crippen molar-refractivity contribution in [3.63, 3.8) is 0 Å². The van der Waals surface area contributed by atoms with E-state index in [9.17, 15) is 19.8 Å². The summed E-state index contributed by atoms with van der Waals surface area (Å²) in [5, 5.41) is 20.8. The zero-order chi connectivity index (χ0) is 20.8. The molecule has 7 heteroatoms. The van der Waals surface area contributed by atoms with Crippen molar-refractivity contribution < 1.29 is 19.8 Å². The average Bonchev–Trinajstić information content (AvgIpc) is 3.28. The summed E-state index contributed by atoms with van der Waals surface area (Å²) in [5.41, 5.74) is 0.684. The van der Waals surface area contributed by atoms with E-state index in [4.69, 9.17) is 0 Å². The van der Waals surface area contributed by atoms with Crippen LogP contribution in [0.5, 0.6) is 0 Å². The minimum atomic E-state index is -0.621. The summed E-state index contributed by atoms with van der Waals surface area (Å²) >= 11 is 0. The van der Waals surface area contributed by atoms with Crippen molar-refractivity contribution in [2.75, 3.05) is 46.9 Å². The van der Waals surface area contributed by atoms with E-state index in [0.29, 0.717) is 39.0 Å². The number of carbonyl (C=O) groups is 2. The maximum Gasteiger partial charge on any atom is 0.319 e. The minimum absolute atomic E-state index is 0.0130. The van der Waals surface area contributed by atoms with Crippen molar-refractivity contribution in [1.29, 1.82) is 0 Å². The van der Waals surface area contributed by atoms with Crippen LogP contribution in [0.25, 0.3) is 0 Å². The second-order valence-electron chi connectivity index (χ2n) is 8.96. The minimum Gasteiger partial charge on any atom is -0.396 e. The molecule has 2 heterocycles. The number of urea groups is 1. The Labute approximate surface area is 171 Å². The maximum absolute atomic E-state index is 13.1. The SMILES string of the molecule is CN(C)C(=O)N1CCC(C(=O)N2C[C@@H](O)[C@@]3(C2)[C@H](CO)[C@H]3c2ccccc2)CC1. The van der Waals surface area contributed by atoms with Gasteiger partial charge in [0.1, 0.15) is 0 Å². The first kappa shape index (κ1) is 20.2. The molecule has 7 nitrogen and oxygen atoms in total. The van der Waals surface area contributed by atoms with Gasteiger partial charge in [-0.05, 0) is 30.2 Å². The molecule has 2 N–H and O–H groups in total. The smallest absolute Gasteiger partial charge is 0.319 e. The standard InChI is InChI=1S/C22H31N3O4/c1-23(2)21(29)24-10-8-16(9-11-24)20(28)25-12-18(27)22(14-25)17(13-26)19(22)15-6-4-3-5-7-15/h3-7,16-19,26-27H,8-14H2,1-2H3/t17-,18-,19-,22-/m1/s1. The highest BCUT2D eigenvalue weighted by atomic mass is 16.3. The number of likely N-dealkylation sites (tertiary alicyclic amines) is 2. The summed E-state index contributed by atoms with van der Waals surface area (Å²) < 4.78 is 0. The average molecular weight is 402 g/mol. The molecule has 29 heavy (non-hydrogen) atoms. The molecule has 3 amide bonds. The Kier molecular flexibility index (Phi) is 5.29. The third kappa shape index (κ3) is 3.30. The molecular weight excluding hydrogens is 370 g/mol. The Morgan fingerprint density at radius 2 is 1.79 bits per heavy atom. The first-order chi connectivity index (χ1) is 13.9. The predicted octanol–water partition coefficient (Wildman–Crippen LogP) is 0.975. The summed E-state index contributed by atoms with van der Waals surface area (Å²) in [6, 6.07) is 9.97. The monoisotopic (exact) mass is 401 g/mol. The van der Waals surface area contributed by atoms with E-state index in [1.807, 2.05) is 30.3 Å². The number of hydrogen-bond donors (Lipinski definition) is 2. The molecule has 1 aliphatic carbocycles. The van der Waals surface area contributed by atoms with Gasteiger partial charge in [0.2, 0.25) is 5.91 Å². The van der Waals surface area contributed by atoms with E-state index < -0.39 is 11.5 Å². The largest absolute Gasteiger partial charge is 0.396 e. The summed E-state index contributed by atoms with van der Waals surface area (Å²) in [5.74, 6) is 0.0386. The highest BCUT2D eigenvalue weighted by molar-refractivity contribution is 5.80. The molecule has 0 bridgehead atoms. The second kappa shape index (κ2) is 7.61. The fourth-order valence-electron chi connectivity index (χ4n) is 5.59. The third-order valence-corrected chi connectivity index (χ3v) is 7.21. The Balaban J connectivity index is 1.42. The molecule has 158 valence electrons. The highest BCUT2D eigenvalue weighted by Crippen LogP contribution is 2.68. The lowest BCUT2D eigenvalue weighted by atomic mass is 9.94. The zero-order valence-corrected chi connectivity index (χ0v) is 17.2. The van der Waals surface area contributed by atoms with Crippen molar-refractivity contribution in [1.82, 2.24) is 14.7 Å². The lowest BCUT2D eigenvalue weighted by Gasteiger charge is -2.34. The molecule has 1 spiro atoms. The Morgan fingerprint density at radius 1 is 1.14 bits per heavy atom. The number of piperidine rings is 1. The quantitative estimate of drug-likeness (QED) is 0.791. The third-order valence-electron chi connectivity index (χ3n) is 7.21. The van der Waals surface area contributed by atoms with Crippen molar-refractivity contribution in [3.05, 3.63) is 35.9 Å². The van der Waals surface area contributed by atoms with Gasteiger partial charge in [-0.15, -0.1) is 0 Å². The molecule has 1 aromatic carbocycles. The first-order valence-electron chi connectivity index (χ1n) is 10.5. The van der Waals surface area contributed by atoms with Crippen molar-refractivity contribution in [3.8, 4) is 0 Å². The number of rotatable bonds is 3. The summed E-state index contributed by atoms with van der Waals surface area (Å²) in [7, 11) is 3.47. The van der Waals surface area contributed by atoms with Gasteiger partial charge in [0.25, 0.3) is 0 Å². The molecule has 1 saturated carbocycles. The molecule has 2 aliphatic heterocycles. The van der Waals surface area contributed by atoms with Gasteiger partial charge in [0, 0.05) is 58.2 Å². The van der Waals surface area contributed by atoms with Gasteiger partial charge >= 0.3 is 6.03 Å². The molecule has 4 atom stereocenters. The number of carbonyl (C=O) groups excluding carboxylic acids is 2. The number of amides is 3. The fourth-order valence-corrected chi connectivity index (χ4v) is 5.59. The van der Waals surface area contributed by atoms with Gasteiger partial charge in [-0.25, -0.2) is 4.79 Å². The van der Waals surface area contributed by atoms with E-state index >= 15 is 0 Å². The maximum atomic E-state index is 13.1. The van der Waals surface area contributed by atoms with Gasteiger partial charge in [-0.2, -0.15) is 0 Å². The van der Waals surface area contributed by atoms with E-state index in [1.54, 1.807) is 28.8 Å². The first-order valence-corrected chi connectivity index (χ1v) is 10.5. The summed E-state index contributed by atoms with van der Waals surface area (Å²) in [6.45, 7) is 2.01. The lowest BCUT2D eigenvalue weighted by molar-refractivity contribution is -0.136. The van der Waals surface area contributed by atoms with Crippen LogP contribution < -0.4 is 0 Å². The van der Waals surface area contributed by atoms with Gasteiger partial charge in [0.05, 0.1) is 6.10 Å². The van der Waals surface area contributed by atoms with Crippen LogP contribution in [-0.4, -0.2) is 89.8 Å². The van der Waals surface area contributed by atoms with Crippen molar-refractivity contribution in [2.45, 2.75) is 24.9 Å². The Bertz CT molecular complexity index is 763. The number of nitrogens with zero attached hydrogens (tertiary/aromatic N) is 3. The molecule has 4 rings (SSSR count). The Morgan fingerprint density at radius 3 is 2.38 bits per heavy atom. The normalized spacial score (nSPS) is 31.9. The van der Waals surface area contributed by atoms with E-state index in [2.05, 4.69) is 0 Å². The van der Waals surface area contributed by atoms with Crippen LogP contribution in [0, 0.1) is 17.3 Å². The fraction of sp³-hybridized carbons (Fsp3) is 0.636. The van der Waals surface area contributed by atoms with Crippen LogP contribution >= 0.6 is 0 Å². The van der Waals surface area contributed by atoms with Crippen LogP contribution in [0.15, 0.2) is 30.3 Å². The number of aliphatic hydroxyl groups excluding tert-OH is 2. The molecule has 1 aromatic rings. The second-order valence-corrected chi connectivity index (χ2v) is 8.96. The van der Waals surface area contributed by atoms with E-state index in [-0.39, 0.29) is 36.3 Å². The van der Waals surface area contributed by atoms with Crippen LogP contribution in [0.2, 0.25) is 0 Å². The number of hydrogen-bond acceptors (Lipinski definition) is 4. The van der Waals surface area contributed by atoms with Gasteiger partial charge in [-0.3, -0.25) is 4.79 Å². The predicted molar refractivity (Wildman–Crippen MR) is 108 cm³/mol. The van der Waals surface area contributed by atoms with Gasteiger partial charge < -0.3 is 24.9 Å². The highest BCUT2D eigenvalue weighted by Gasteiger charge is 2.71. The van der Waals surface area contributed by atoms with Crippen LogP contribution in [0.1, 0.15) is 24.3 Å². The topological polar surface area (TPSA) is 84.3 Å². The van der Waals surface area contributed by atoms with Crippen LogP contribution in [0.3, 0.4) is 0 Å². The van der Waals surface area contributed by atoms with E-state index in [1.165, 1.54) is 0 Å². The van der Waals surface area contributed by atoms with E-state index in [0.717, 1.165) is 5.56 Å². The van der Waals surface area contributed by atoms with Crippen molar-refractivity contribution in [2.24, 2.45) is 17.3 Å². The molecule has 0 aromatic heterocycles. The Hall–Kier alpha value is -2.12. The zero-order valence-electron chi connectivity index (χ0n) is 17.2. The molecule has 2 saturated heterocycles. The number of aliphatic hydroxyl groups is 2. The molecule has 3 aliphatic rings. The molecule has 0 radical (unpaired) electrons. The summed E-state index contributed by atoms with van der Waals surface area (Å²) in [6.07, 6.45) is 0.692. The van der Waals surface area contributed by atoms with Crippen LogP contribution in [-0.2, 0) is 4.79 Å². The molecule has 3 fully saturated rings. The van der Waals surface area contributed by atoms with Gasteiger partial charge in [0.15, 0.2) is 0 Å². The summed E-state index contributed by atoms with van der Waals surface area (Å²) in [4.78, 5) is 30.4. The van der Waals surface area contributed by atoms with Crippen LogP contribution in [0.4, 0.5) is 4.79 Å². The van der Waals surface area contributed by atoms with Crippen molar-refractivity contribution >= 4 is 11.9 Å². The number of β-amino-alcohol motifs (C(OH)–C–C–N with tert-alkyl or cyclic N) is 1. The lowest BCUT2D eigenvalue weighted by Crippen LogP contribution is -2.47.